The minimum absolute atomic E-state index is 0.291. The quantitative estimate of drug-likeness (QED) is 0.295. The highest BCUT2D eigenvalue weighted by Crippen LogP contribution is 2.41. The topological polar surface area (TPSA) is 29.5 Å². The van der Waals surface area contributed by atoms with Crippen LogP contribution in [-0.4, -0.2) is 11.7 Å². The first kappa shape index (κ1) is 22.8. The fourth-order valence-electron chi connectivity index (χ4n) is 2.68. The molecule has 0 unspecified atom stereocenters. The predicted molar refractivity (Wildman–Crippen MR) is 87.5 cm³/mol. The number of benzene rings is 2. The molecular formula is C19H16F8O2. The van der Waals surface area contributed by atoms with Gasteiger partial charge in [0.2, 0.25) is 23.3 Å². The van der Waals surface area contributed by atoms with Crippen LogP contribution in [-0.2, 0) is 0 Å². The van der Waals surface area contributed by atoms with E-state index < -0.39 is 69.2 Å². The third-order valence-corrected chi connectivity index (χ3v) is 4.21. The lowest BCUT2D eigenvalue weighted by Crippen LogP contribution is -2.10. The van der Waals surface area contributed by atoms with Gasteiger partial charge in [-0.25, -0.2) is 17.6 Å². The summed E-state index contributed by atoms with van der Waals surface area (Å²) in [6, 6.07) is 0. The van der Waals surface area contributed by atoms with Gasteiger partial charge in [-0.3, -0.25) is 0 Å². The molecule has 0 saturated carbocycles. The van der Waals surface area contributed by atoms with Gasteiger partial charge in [-0.15, -0.1) is 0 Å². The number of aromatic hydroxyl groups is 1. The van der Waals surface area contributed by atoms with Crippen LogP contribution in [0.4, 0.5) is 35.1 Å². The van der Waals surface area contributed by atoms with E-state index in [9.17, 15) is 35.1 Å². The van der Waals surface area contributed by atoms with E-state index in [1.165, 1.54) is 0 Å². The zero-order valence-corrected chi connectivity index (χ0v) is 15.1. The van der Waals surface area contributed by atoms with Crippen LogP contribution in [0.2, 0.25) is 0 Å². The van der Waals surface area contributed by atoms with Gasteiger partial charge in [-0.05, 0) is 6.42 Å². The Hall–Kier alpha value is -2.52. The molecule has 0 heterocycles. The summed E-state index contributed by atoms with van der Waals surface area (Å²) in [7, 11) is 0. The highest BCUT2D eigenvalue weighted by atomic mass is 19.2. The van der Waals surface area contributed by atoms with Crippen LogP contribution in [0.1, 0.15) is 39.0 Å². The van der Waals surface area contributed by atoms with E-state index in [4.69, 9.17) is 9.84 Å². The smallest absolute Gasteiger partial charge is 0.204 e. The SMILES string of the molecule is CCCCCCCOc1c(F)c(F)c(-c2c(F)c(F)c(O)c(F)c2F)c(F)c1F. The van der Waals surface area contributed by atoms with Crippen molar-refractivity contribution in [2.24, 2.45) is 0 Å². The van der Waals surface area contributed by atoms with Crippen LogP contribution < -0.4 is 4.74 Å². The fraction of sp³-hybridized carbons (Fsp3) is 0.368. The molecule has 0 radical (unpaired) electrons. The second kappa shape index (κ2) is 9.32. The van der Waals surface area contributed by atoms with Crippen LogP contribution >= 0.6 is 0 Å². The molecule has 2 aromatic carbocycles. The van der Waals surface area contributed by atoms with Gasteiger partial charge in [0.25, 0.3) is 0 Å². The maximum atomic E-state index is 14.3. The van der Waals surface area contributed by atoms with Gasteiger partial charge in [0.05, 0.1) is 17.7 Å². The molecule has 0 atom stereocenters. The molecule has 0 aliphatic heterocycles. The standard InChI is InChI=1S/C19H16F8O2/c1-2-3-4-5-6-7-29-19-16(26)12(22)9(13(23)17(19)27)8-10(20)14(24)18(28)15(25)11(8)21/h28H,2-7H2,1H3. The largest absolute Gasteiger partial charge is 0.503 e. The Kier molecular flexibility index (Phi) is 7.32. The van der Waals surface area contributed by atoms with Gasteiger partial charge < -0.3 is 9.84 Å². The molecule has 2 nitrogen and oxygen atoms in total. The van der Waals surface area contributed by atoms with Crippen LogP contribution in [0.25, 0.3) is 11.1 Å². The van der Waals surface area contributed by atoms with Crippen molar-refractivity contribution in [3.8, 4) is 22.6 Å². The second-order valence-electron chi connectivity index (χ2n) is 6.20. The van der Waals surface area contributed by atoms with E-state index in [2.05, 4.69) is 0 Å². The summed E-state index contributed by atoms with van der Waals surface area (Å²) in [6.45, 7) is 1.67. The Balaban J connectivity index is 2.48. The fourth-order valence-corrected chi connectivity index (χ4v) is 2.68. The zero-order chi connectivity index (χ0) is 21.9. The molecule has 0 aromatic heterocycles. The predicted octanol–water partition coefficient (Wildman–Crippen LogP) is 6.52. The van der Waals surface area contributed by atoms with Crippen molar-refractivity contribution in [1.29, 1.82) is 0 Å². The number of hydrogen-bond donors (Lipinski definition) is 1. The molecule has 0 saturated heterocycles. The number of hydrogen-bond acceptors (Lipinski definition) is 2. The zero-order valence-electron chi connectivity index (χ0n) is 15.1. The summed E-state index contributed by atoms with van der Waals surface area (Å²) < 4.78 is 116. The Morgan fingerprint density at radius 3 is 1.45 bits per heavy atom. The van der Waals surface area contributed by atoms with Crippen LogP contribution in [0.3, 0.4) is 0 Å². The Bertz CT molecular complexity index is 856. The van der Waals surface area contributed by atoms with Gasteiger partial charge in [0.15, 0.2) is 34.8 Å². The monoisotopic (exact) mass is 428 g/mol. The summed E-state index contributed by atoms with van der Waals surface area (Å²) in [5.41, 5.74) is -4.06. The third kappa shape index (κ3) is 4.25. The van der Waals surface area contributed by atoms with Crippen molar-refractivity contribution >= 4 is 0 Å². The van der Waals surface area contributed by atoms with Crippen molar-refractivity contribution in [3.63, 3.8) is 0 Å². The van der Waals surface area contributed by atoms with Crippen molar-refractivity contribution in [3.05, 3.63) is 46.5 Å². The van der Waals surface area contributed by atoms with Crippen molar-refractivity contribution in [2.75, 3.05) is 6.61 Å². The minimum Gasteiger partial charge on any atom is -0.503 e. The van der Waals surface area contributed by atoms with Crippen molar-refractivity contribution in [1.82, 2.24) is 0 Å². The molecule has 0 fully saturated rings. The molecule has 0 amide bonds. The lowest BCUT2D eigenvalue weighted by Gasteiger charge is -2.15. The molecule has 0 bridgehead atoms. The van der Waals surface area contributed by atoms with Gasteiger partial charge in [-0.2, -0.15) is 17.6 Å². The van der Waals surface area contributed by atoms with E-state index in [0.29, 0.717) is 12.8 Å². The molecule has 0 spiro atoms. The number of phenols is 1. The van der Waals surface area contributed by atoms with E-state index in [-0.39, 0.29) is 6.61 Å². The minimum atomic E-state index is -2.43. The molecular weight excluding hydrogens is 412 g/mol. The maximum absolute atomic E-state index is 14.3. The molecule has 160 valence electrons. The van der Waals surface area contributed by atoms with Gasteiger partial charge in [0.1, 0.15) is 0 Å². The van der Waals surface area contributed by atoms with Crippen LogP contribution in [0, 0.1) is 46.5 Å². The molecule has 2 aromatic rings. The number of ether oxygens (including phenoxy) is 1. The highest BCUT2D eigenvalue weighted by Gasteiger charge is 2.34. The highest BCUT2D eigenvalue weighted by molar-refractivity contribution is 5.69. The number of phenolic OH excluding ortho intramolecular Hbond substituents is 1. The lowest BCUT2D eigenvalue weighted by atomic mass is 10.0. The molecule has 1 N–H and O–H groups in total. The third-order valence-electron chi connectivity index (χ3n) is 4.21. The average Bonchev–Trinajstić information content (AvgIpc) is 2.70. The summed E-state index contributed by atoms with van der Waals surface area (Å²) in [5.74, 6) is -22.0. The van der Waals surface area contributed by atoms with E-state index in [1.54, 1.807) is 0 Å². The normalized spacial score (nSPS) is 11.2. The number of halogens is 8. The van der Waals surface area contributed by atoms with Crippen LogP contribution in [0.5, 0.6) is 11.5 Å². The lowest BCUT2D eigenvalue weighted by molar-refractivity contribution is 0.264. The Morgan fingerprint density at radius 2 is 1.00 bits per heavy atom. The van der Waals surface area contributed by atoms with E-state index >= 15 is 0 Å². The molecule has 0 aliphatic rings. The summed E-state index contributed by atoms with van der Waals surface area (Å²) in [4.78, 5) is 0. The Morgan fingerprint density at radius 1 is 0.586 bits per heavy atom. The molecule has 29 heavy (non-hydrogen) atoms. The van der Waals surface area contributed by atoms with Gasteiger partial charge >= 0.3 is 0 Å². The first-order valence-corrected chi connectivity index (χ1v) is 8.69. The van der Waals surface area contributed by atoms with Crippen LogP contribution in [0.15, 0.2) is 0 Å². The van der Waals surface area contributed by atoms with E-state index in [1.807, 2.05) is 6.92 Å². The average molecular weight is 428 g/mol. The molecule has 2 rings (SSSR count). The van der Waals surface area contributed by atoms with E-state index in [0.717, 1.165) is 19.3 Å². The summed E-state index contributed by atoms with van der Waals surface area (Å²) in [5, 5.41) is 8.92. The van der Waals surface area contributed by atoms with Crippen molar-refractivity contribution < 1.29 is 45.0 Å². The van der Waals surface area contributed by atoms with Crippen molar-refractivity contribution in [2.45, 2.75) is 39.0 Å². The number of rotatable bonds is 8. The second-order valence-corrected chi connectivity index (χ2v) is 6.20. The van der Waals surface area contributed by atoms with Gasteiger partial charge in [-0.1, -0.05) is 32.6 Å². The Labute approximate surface area is 160 Å². The summed E-state index contributed by atoms with van der Waals surface area (Å²) >= 11 is 0. The first-order chi connectivity index (χ1) is 13.6. The van der Waals surface area contributed by atoms with Gasteiger partial charge in [0, 0.05) is 0 Å². The molecule has 0 aliphatic carbocycles. The summed E-state index contributed by atoms with van der Waals surface area (Å²) in [6.07, 6.45) is 3.61. The maximum Gasteiger partial charge on any atom is 0.204 e. The first-order valence-electron chi connectivity index (χ1n) is 8.69. The number of unbranched alkanes of at least 4 members (excludes halogenated alkanes) is 4. The molecule has 10 heteroatoms.